The first-order valence-electron chi connectivity index (χ1n) is 7.51. The zero-order valence-electron chi connectivity index (χ0n) is 11.3. The summed E-state index contributed by atoms with van der Waals surface area (Å²) < 4.78 is 0. The van der Waals surface area contributed by atoms with Gasteiger partial charge in [0, 0.05) is 18.4 Å². The maximum atomic E-state index is 10.8. The van der Waals surface area contributed by atoms with E-state index >= 15 is 0 Å². The van der Waals surface area contributed by atoms with Crippen LogP contribution in [0, 0.1) is 23.7 Å². The van der Waals surface area contributed by atoms with E-state index < -0.39 is 5.97 Å². The average molecular weight is 273 g/mol. The van der Waals surface area contributed by atoms with Crippen LogP contribution in [0.2, 0.25) is 0 Å². The van der Waals surface area contributed by atoms with E-state index in [1.165, 1.54) is 44.5 Å². The minimum Gasteiger partial charge on any atom is -0.478 e. The van der Waals surface area contributed by atoms with Gasteiger partial charge in [-0.05, 0) is 55.8 Å². The molecule has 4 bridgehead atoms. The minimum absolute atomic E-state index is 0.139. The summed E-state index contributed by atoms with van der Waals surface area (Å²) >= 11 is 0. The Kier molecular flexibility index (Phi) is 2.69. The molecule has 20 heavy (non-hydrogen) atoms. The highest BCUT2D eigenvalue weighted by atomic mass is 16.4. The second kappa shape index (κ2) is 4.43. The highest BCUT2D eigenvalue weighted by molar-refractivity contribution is 5.86. The lowest BCUT2D eigenvalue weighted by Gasteiger charge is -2.54. The van der Waals surface area contributed by atoms with Crippen molar-refractivity contribution in [1.82, 2.24) is 9.97 Å². The highest BCUT2D eigenvalue weighted by Crippen LogP contribution is 2.54. The van der Waals surface area contributed by atoms with Gasteiger partial charge in [0.2, 0.25) is 5.95 Å². The van der Waals surface area contributed by atoms with E-state index in [0.717, 1.165) is 23.7 Å². The van der Waals surface area contributed by atoms with Gasteiger partial charge in [-0.2, -0.15) is 0 Å². The van der Waals surface area contributed by atoms with E-state index in [1.54, 1.807) is 0 Å². The highest BCUT2D eigenvalue weighted by Gasteiger charge is 2.48. The SMILES string of the molecule is O=C(O)c1cnc(NC2C3CC4CC(C3)CC2C4)nc1. The van der Waals surface area contributed by atoms with Crippen LogP contribution in [0.25, 0.3) is 0 Å². The Morgan fingerprint density at radius 3 is 2.10 bits per heavy atom. The zero-order chi connectivity index (χ0) is 13.7. The molecule has 0 saturated heterocycles. The number of nitrogens with zero attached hydrogens (tertiary/aromatic N) is 2. The predicted molar refractivity (Wildman–Crippen MR) is 73.4 cm³/mol. The lowest BCUT2D eigenvalue weighted by Crippen LogP contribution is -2.51. The largest absolute Gasteiger partial charge is 0.478 e. The fraction of sp³-hybridized carbons (Fsp3) is 0.667. The van der Waals surface area contributed by atoms with Gasteiger partial charge in [-0.25, -0.2) is 14.8 Å². The molecule has 5 heteroatoms. The zero-order valence-corrected chi connectivity index (χ0v) is 11.3. The van der Waals surface area contributed by atoms with Gasteiger partial charge in [0.1, 0.15) is 0 Å². The van der Waals surface area contributed by atoms with Crippen molar-refractivity contribution in [2.24, 2.45) is 23.7 Å². The summed E-state index contributed by atoms with van der Waals surface area (Å²) in [7, 11) is 0. The van der Waals surface area contributed by atoms with E-state index in [1.807, 2.05) is 0 Å². The smallest absolute Gasteiger partial charge is 0.338 e. The topological polar surface area (TPSA) is 75.1 Å². The van der Waals surface area contributed by atoms with Crippen LogP contribution in [0.4, 0.5) is 5.95 Å². The molecule has 1 aromatic rings. The van der Waals surface area contributed by atoms with Gasteiger partial charge >= 0.3 is 5.97 Å². The molecule has 0 aliphatic heterocycles. The first-order valence-corrected chi connectivity index (χ1v) is 7.51. The monoisotopic (exact) mass is 273 g/mol. The van der Waals surface area contributed by atoms with Gasteiger partial charge in [-0.3, -0.25) is 0 Å². The molecule has 0 unspecified atom stereocenters. The van der Waals surface area contributed by atoms with Gasteiger partial charge in [0.05, 0.1) is 5.56 Å². The van der Waals surface area contributed by atoms with Gasteiger partial charge in [0.15, 0.2) is 0 Å². The van der Waals surface area contributed by atoms with Gasteiger partial charge < -0.3 is 10.4 Å². The van der Waals surface area contributed by atoms with Crippen LogP contribution < -0.4 is 5.32 Å². The van der Waals surface area contributed by atoms with E-state index in [-0.39, 0.29) is 5.56 Å². The normalized spacial score (nSPS) is 37.9. The minimum atomic E-state index is -0.980. The summed E-state index contributed by atoms with van der Waals surface area (Å²) in [6.45, 7) is 0. The van der Waals surface area contributed by atoms with Crippen molar-refractivity contribution < 1.29 is 9.90 Å². The molecule has 0 spiro atoms. The molecule has 0 atom stereocenters. The summed E-state index contributed by atoms with van der Waals surface area (Å²) in [4.78, 5) is 19.1. The van der Waals surface area contributed by atoms with Crippen LogP contribution in [-0.4, -0.2) is 27.1 Å². The molecule has 4 saturated carbocycles. The number of carboxylic acids is 1. The van der Waals surface area contributed by atoms with Crippen molar-refractivity contribution in [3.8, 4) is 0 Å². The quantitative estimate of drug-likeness (QED) is 0.884. The molecule has 0 amide bonds. The van der Waals surface area contributed by atoms with Crippen molar-refractivity contribution >= 4 is 11.9 Å². The second-order valence-corrected chi connectivity index (χ2v) is 6.70. The molecule has 1 aromatic heterocycles. The Labute approximate surface area is 117 Å². The van der Waals surface area contributed by atoms with Crippen LogP contribution in [0.3, 0.4) is 0 Å². The fourth-order valence-corrected chi connectivity index (χ4v) is 4.82. The number of anilines is 1. The maximum Gasteiger partial charge on any atom is 0.338 e. The molecule has 2 N–H and O–H groups in total. The Balaban J connectivity index is 1.50. The molecule has 4 fully saturated rings. The fourth-order valence-electron chi connectivity index (χ4n) is 4.82. The standard InChI is InChI=1S/C15H19N3O2/c19-14(20)12-6-16-15(17-7-12)18-13-10-2-8-1-9(4-10)5-11(13)3-8/h6-11,13H,1-5H2,(H,19,20)(H,16,17,18). The summed E-state index contributed by atoms with van der Waals surface area (Å²) in [5, 5.41) is 12.3. The van der Waals surface area contributed by atoms with E-state index in [4.69, 9.17) is 5.11 Å². The number of aromatic carboxylic acids is 1. The lowest BCUT2D eigenvalue weighted by atomic mass is 9.54. The molecular weight excluding hydrogens is 254 g/mol. The van der Waals surface area contributed by atoms with Crippen molar-refractivity contribution in [1.29, 1.82) is 0 Å². The first-order chi connectivity index (χ1) is 9.69. The van der Waals surface area contributed by atoms with E-state index in [2.05, 4.69) is 15.3 Å². The summed E-state index contributed by atoms with van der Waals surface area (Å²) in [6, 6.07) is 0.485. The van der Waals surface area contributed by atoms with Crippen molar-refractivity contribution in [2.75, 3.05) is 5.32 Å². The van der Waals surface area contributed by atoms with Crippen molar-refractivity contribution in [3.63, 3.8) is 0 Å². The lowest BCUT2D eigenvalue weighted by molar-refractivity contribution is 0.00728. The van der Waals surface area contributed by atoms with Gasteiger partial charge in [0.25, 0.3) is 0 Å². The number of carbonyl (C=O) groups is 1. The van der Waals surface area contributed by atoms with E-state index in [9.17, 15) is 4.79 Å². The number of hydrogen-bond donors (Lipinski definition) is 2. The first kappa shape index (κ1) is 12.1. The molecule has 1 heterocycles. The second-order valence-electron chi connectivity index (χ2n) is 6.70. The molecule has 4 aliphatic carbocycles. The van der Waals surface area contributed by atoms with Crippen LogP contribution in [0.1, 0.15) is 42.5 Å². The molecule has 4 aliphatic rings. The van der Waals surface area contributed by atoms with Gasteiger partial charge in [-0.1, -0.05) is 0 Å². The Morgan fingerprint density at radius 2 is 1.60 bits per heavy atom. The van der Waals surface area contributed by atoms with Crippen LogP contribution in [0.5, 0.6) is 0 Å². The number of rotatable bonds is 3. The summed E-state index contributed by atoms with van der Waals surface area (Å²) in [6.07, 6.45) is 9.59. The van der Waals surface area contributed by atoms with Crippen LogP contribution in [-0.2, 0) is 0 Å². The maximum absolute atomic E-state index is 10.8. The molecule has 106 valence electrons. The number of hydrogen-bond acceptors (Lipinski definition) is 4. The number of nitrogens with one attached hydrogen (secondary N) is 1. The van der Waals surface area contributed by atoms with Crippen LogP contribution in [0.15, 0.2) is 12.4 Å². The number of carboxylic acid groups (broad SMARTS) is 1. The average Bonchev–Trinajstić information content (AvgIpc) is 2.42. The van der Waals surface area contributed by atoms with E-state index in [0.29, 0.717) is 12.0 Å². The van der Waals surface area contributed by atoms with Gasteiger partial charge in [-0.15, -0.1) is 0 Å². The van der Waals surface area contributed by atoms with Crippen molar-refractivity contribution in [3.05, 3.63) is 18.0 Å². The summed E-state index contributed by atoms with van der Waals surface area (Å²) in [5.74, 6) is 3.01. The Morgan fingerprint density at radius 1 is 1.05 bits per heavy atom. The molecule has 0 radical (unpaired) electrons. The Hall–Kier alpha value is -1.65. The van der Waals surface area contributed by atoms with Crippen molar-refractivity contribution in [2.45, 2.75) is 38.1 Å². The predicted octanol–water partition coefficient (Wildman–Crippen LogP) is 2.41. The third-order valence-corrected chi connectivity index (χ3v) is 5.42. The molecular formula is C15H19N3O2. The molecule has 5 rings (SSSR count). The molecule has 5 nitrogen and oxygen atoms in total. The Bertz CT molecular complexity index is 500. The van der Waals surface area contributed by atoms with Crippen LogP contribution >= 0.6 is 0 Å². The third kappa shape index (κ3) is 1.96. The third-order valence-electron chi connectivity index (χ3n) is 5.42. The molecule has 0 aromatic carbocycles. The number of aromatic nitrogens is 2. The summed E-state index contributed by atoms with van der Waals surface area (Å²) in [5.41, 5.74) is 0.139.